The predicted molar refractivity (Wildman–Crippen MR) is 89.3 cm³/mol. The normalized spacial score (nSPS) is 10.6. The minimum absolute atomic E-state index is 0.805. The zero-order valence-electron chi connectivity index (χ0n) is 11.8. The summed E-state index contributed by atoms with van der Waals surface area (Å²) in [6, 6.07) is 14.3. The number of hydrogen-bond donors (Lipinski definition) is 1. The molecule has 0 fully saturated rings. The number of halogens is 1. The van der Waals surface area contributed by atoms with E-state index in [1.165, 1.54) is 5.69 Å². The van der Waals surface area contributed by atoms with Gasteiger partial charge in [-0.3, -0.25) is 5.10 Å². The monoisotopic (exact) mass is 341 g/mol. The number of aromatic amines is 1. The number of rotatable bonds is 3. The first-order chi connectivity index (χ1) is 10.1. The SMILES string of the molecule is CN([11CH3])c1ccc(-c2cc(-c3ccnc(Br)c3)n[nH]2)cc1. The summed E-state index contributed by atoms with van der Waals surface area (Å²) in [6.45, 7) is 0. The second-order valence-corrected chi connectivity index (χ2v) is 5.79. The third-order valence-corrected chi connectivity index (χ3v) is 3.73. The molecule has 1 N–H and O–H groups in total. The molecule has 2 heterocycles. The zero-order valence-corrected chi connectivity index (χ0v) is 13.4. The molecular formula is C16H15BrN4. The summed E-state index contributed by atoms with van der Waals surface area (Å²) in [7, 11) is 4.06. The van der Waals surface area contributed by atoms with Gasteiger partial charge in [-0.25, -0.2) is 4.98 Å². The van der Waals surface area contributed by atoms with Crippen molar-refractivity contribution in [2.75, 3.05) is 19.0 Å². The first-order valence-electron chi connectivity index (χ1n) is 6.58. The van der Waals surface area contributed by atoms with Crippen LogP contribution >= 0.6 is 15.9 Å². The summed E-state index contributed by atoms with van der Waals surface area (Å²) in [5, 5.41) is 7.47. The maximum atomic E-state index is 4.38. The van der Waals surface area contributed by atoms with Crippen LogP contribution in [0.25, 0.3) is 22.5 Å². The van der Waals surface area contributed by atoms with Crippen LogP contribution in [0.3, 0.4) is 0 Å². The fourth-order valence-corrected chi connectivity index (χ4v) is 2.48. The predicted octanol–water partition coefficient (Wildman–Crippen LogP) is 3.97. The fourth-order valence-electron chi connectivity index (χ4n) is 2.12. The lowest BCUT2D eigenvalue weighted by atomic mass is 10.1. The van der Waals surface area contributed by atoms with Crippen molar-refractivity contribution in [2.45, 2.75) is 0 Å². The quantitative estimate of drug-likeness (QED) is 0.733. The zero-order chi connectivity index (χ0) is 14.8. The molecular weight excluding hydrogens is 327 g/mol. The lowest BCUT2D eigenvalue weighted by Crippen LogP contribution is -2.07. The molecule has 0 aliphatic heterocycles. The molecule has 3 rings (SSSR count). The van der Waals surface area contributed by atoms with Crippen LogP contribution in [-0.2, 0) is 0 Å². The van der Waals surface area contributed by atoms with E-state index >= 15 is 0 Å². The van der Waals surface area contributed by atoms with Gasteiger partial charge in [-0.15, -0.1) is 0 Å². The molecule has 0 spiro atoms. The van der Waals surface area contributed by atoms with Gasteiger partial charge < -0.3 is 4.90 Å². The second-order valence-electron chi connectivity index (χ2n) is 4.98. The third-order valence-electron chi connectivity index (χ3n) is 3.29. The first kappa shape index (κ1) is 13.8. The fraction of sp³-hybridized carbons (Fsp3) is 0.125. The number of aromatic nitrogens is 3. The molecule has 106 valence electrons. The number of nitrogens with one attached hydrogen (secondary N) is 1. The van der Waals surface area contributed by atoms with Gasteiger partial charge in [-0.2, -0.15) is 5.10 Å². The molecule has 0 bridgehead atoms. The van der Waals surface area contributed by atoms with E-state index in [0.29, 0.717) is 0 Å². The van der Waals surface area contributed by atoms with Crippen molar-refractivity contribution < 1.29 is 0 Å². The Kier molecular flexibility index (Phi) is 3.75. The van der Waals surface area contributed by atoms with Gasteiger partial charge in [0.05, 0.1) is 11.4 Å². The smallest absolute Gasteiger partial charge is 0.106 e. The van der Waals surface area contributed by atoms with Crippen LogP contribution < -0.4 is 4.90 Å². The molecule has 0 aliphatic carbocycles. The van der Waals surface area contributed by atoms with E-state index in [0.717, 1.165) is 27.1 Å². The van der Waals surface area contributed by atoms with Gasteiger partial charge in [0.1, 0.15) is 4.60 Å². The van der Waals surface area contributed by atoms with Crippen LogP contribution in [0.15, 0.2) is 53.3 Å². The highest BCUT2D eigenvalue weighted by atomic mass is 79.9. The van der Waals surface area contributed by atoms with Gasteiger partial charge in [0.25, 0.3) is 0 Å². The Bertz CT molecular complexity index is 747. The van der Waals surface area contributed by atoms with Crippen LogP contribution in [0.4, 0.5) is 5.69 Å². The Labute approximate surface area is 132 Å². The lowest BCUT2D eigenvalue weighted by molar-refractivity contribution is 1.10. The maximum Gasteiger partial charge on any atom is 0.106 e. The number of hydrogen-bond acceptors (Lipinski definition) is 3. The Hall–Kier alpha value is -2.14. The Morgan fingerprint density at radius 2 is 1.76 bits per heavy atom. The lowest BCUT2D eigenvalue weighted by Gasteiger charge is -2.12. The van der Waals surface area contributed by atoms with Gasteiger partial charge in [-0.05, 0) is 51.8 Å². The van der Waals surface area contributed by atoms with Crippen molar-refractivity contribution in [1.82, 2.24) is 15.2 Å². The van der Waals surface area contributed by atoms with Crippen molar-refractivity contribution in [1.29, 1.82) is 0 Å². The summed E-state index contributed by atoms with van der Waals surface area (Å²) >= 11 is 3.38. The van der Waals surface area contributed by atoms with Crippen LogP contribution in [0, 0.1) is 0 Å². The van der Waals surface area contributed by atoms with Gasteiger partial charge in [0.2, 0.25) is 0 Å². The Balaban J connectivity index is 1.91. The minimum Gasteiger partial charge on any atom is -0.378 e. The van der Waals surface area contributed by atoms with Crippen LogP contribution in [0.2, 0.25) is 0 Å². The summed E-state index contributed by atoms with van der Waals surface area (Å²) < 4.78 is 0.805. The third kappa shape index (κ3) is 2.97. The first-order valence-corrected chi connectivity index (χ1v) is 7.38. The molecule has 0 radical (unpaired) electrons. The molecule has 1 aromatic carbocycles. The van der Waals surface area contributed by atoms with Crippen molar-refractivity contribution in [2.24, 2.45) is 0 Å². The van der Waals surface area contributed by atoms with Crippen molar-refractivity contribution in [3.63, 3.8) is 0 Å². The summed E-state index contributed by atoms with van der Waals surface area (Å²) in [5.41, 5.74) is 5.24. The van der Waals surface area contributed by atoms with E-state index in [1.54, 1.807) is 6.20 Å². The summed E-state index contributed by atoms with van der Waals surface area (Å²) in [6.07, 6.45) is 1.76. The molecule has 0 amide bonds. The van der Waals surface area contributed by atoms with Crippen molar-refractivity contribution in [3.8, 4) is 22.5 Å². The number of pyridine rings is 1. The average molecular weight is 342 g/mol. The highest BCUT2D eigenvalue weighted by molar-refractivity contribution is 9.10. The molecule has 4 nitrogen and oxygen atoms in total. The van der Waals surface area contributed by atoms with Gasteiger partial charge in [0, 0.05) is 31.5 Å². The molecule has 3 aromatic rings. The van der Waals surface area contributed by atoms with Crippen LogP contribution in [0.5, 0.6) is 0 Å². The molecule has 0 saturated carbocycles. The van der Waals surface area contributed by atoms with E-state index in [4.69, 9.17) is 0 Å². The Morgan fingerprint density at radius 3 is 2.43 bits per heavy atom. The van der Waals surface area contributed by atoms with Crippen LogP contribution in [0.1, 0.15) is 0 Å². The van der Waals surface area contributed by atoms with Crippen molar-refractivity contribution in [3.05, 3.63) is 53.3 Å². The topological polar surface area (TPSA) is 44.8 Å². The molecule has 2 aromatic heterocycles. The second kappa shape index (κ2) is 5.69. The van der Waals surface area contributed by atoms with E-state index < -0.39 is 0 Å². The van der Waals surface area contributed by atoms with Gasteiger partial charge >= 0.3 is 0 Å². The molecule has 0 atom stereocenters. The minimum atomic E-state index is 0.805. The molecule has 0 saturated heterocycles. The van der Waals surface area contributed by atoms with E-state index in [-0.39, 0.29) is 0 Å². The summed E-state index contributed by atoms with van der Waals surface area (Å²) in [5.74, 6) is 0. The molecule has 0 aliphatic rings. The van der Waals surface area contributed by atoms with Crippen molar-refractivity contribution >= 4 is 21.6 Å². The molecule has 0 unspecified atom stereocenters. The molecule has 5 heteroatoms. The number of anilines is 1. The number of nitrogens with zero attached hydrogens (tertiary/aromatic N) is 3. The maximum absolute atomic E-state index is 4.38. The number of H-pyrrole nitrogens is 1. The van der Waals surface area contributed by atoms with Gasteiger partial charge in [0.15, 0.2) is 0 Å². The summed E-state index contributed by atoms with van der Waals surface area (Å²) in [4.78, 5) is 6.21. The van der Waals surface area contributed by atoms with Gasteiger partial charge in [-0.1, -0.05) is 12.1 Å². The largest absolute Gasteiger partial charge is 0.378 e. The standard InChI is InChI=1S/C16H15BrN4/c1-21(2)13-5-3-11(4-6-13)14-10-15(20-19-14)12-7-8-18-16(17)9-12/h3-10H,1-2H3,(H,19,20)/i1-1. The highest BCUT2D eigenvalue weighted by Crippen LogP contribution is 2.26. The van der Waals surface area contributed by atoms with E-state index in [2.05, 4.69) is 60.3 Å². The van der Waals surface area contributed by atoms with E-state index in [9.17, 15) is 0 Å². The molecule has 21 heavy (non-hydrogen) atoms. The Morgan fingerprint density at radius 1 is 1.00 bits per heavy atom. The van der Waals surface area contributed by atoms with E-state index in [1.807, 2.05) is 32.3 Å². The average Bonchev–Trinajstić information content (AvgIpc) is 2.97. The van der Waals surface area contributed by atoms with Crippen LogP contribution in [-0.4, -0.2) is 29.3 Å². The number of benzene rings is 1. The highest BCUT2D eigenvalue weighted by Gasteiger charge is 2.07.